The number of hydrogen-bond acceptors (Lipinski definition) is 5. The number of fused-ring (bicyclic) bond motifs is 1. The summed E-state index contributed by atoms with van der Waals surface area (Å²) in [4.78, 5) is 27.8. The van der Waals surface area contributed by atoms with E-state index in [1.807, 2.05) is 24.3 Å². The number of hydrogen-bond donors (Lipinski definition) is 0. The van der Waals surface area contributed by atoms with Crippen LogP contribution in [0.2, 0.25) is 0 Å². The maximum Gasteiger partial charge on any atom is 0.316 e. The van der Waals surface area contributed by atoms with Crippen molar-refractivity contribution in [3.05, 3.63) is 29.3 Å². The summed E-state index contributed by atoms with van der Waals surface area (Å²) in [6.45, 7) is 3.54. The summed E-state index contributed by atoms with van der Waals surface area (Å²) < 4.78 is 5.78. The molecule has 0 aliphatic rings. The summed E-state index contributed by atoms with van der Waals surface area (Å²) >= 11 is 1.30. The molecule has 0 amide bonds. The number of benzene rings is 1. The highest BCUT2D eigenvalue weighted by molar-refractivity contribution is 7.20. The van der Waals surface area contributed by atoms with Gasteiger partial charge in [-0.15, -0.1) is 11.3 Å². The lowest BCUT2D eigenvalue weighted by Crippen LogP contribution is -2.23. The molecule has 0 fully saturated rings. The molecular weight excluding hydrogens is 250 g/mol. The molecule has 0 spiro atoms. The molecule has 1 aromatic heterocycles. The van der Waals surface area contributed by atoms with Crippen LogP contribution in [0.5, 0.6) is 0 Å². The molecule has 0 aliphatic heterocycles. The van der Waals surface area contributed by atoms with Gasteiger partial charge in [-0.25, -0.2) is 4.98 Å². The SMILES string of the molecule is CCOC(=O)C(C)C(=O)c1nc2ccccc2s1. The predicted octanol–water partition coefficient (Wildman–Crippen LogP) is 2.68. The van der Waals surface area contributed by atoms with Gasteiger partial charge < -0.3 is 4.74 Å². The van der Waals surface area contributed by atoms with Gasteiger partial charge in [0.1, 0.15) is 5.92 Å². The molecule has 1 aromatic carbocycles. The van der Waals surface area contributed by atoms with E-state index in [2.05, 4.69) is 4.98 Å². The second-order valence-electron chi connectivity index (χ2n) is 3.82. The molecule has 94 valence electrons. The molecule has 1 atom stereocenters. The zero-order chi connectivity index (χ0) is 13.1. The number of ketones is 1. The van der Waals surface area contributed by atoms with Crippen molar-refractivity contribution in [2.75, 3.05) is 6.61 Å². The largest absolute Gasteiger partial charge is 0.465 e. The van der Waals surface area contributed by atoms with E-state index in [4.69, 9.17) is 4.74 Å². The molecule has 1 heterocycles. The van der Waals surface area contributed by atoms with Crippen molar-refractivity contribution in [1.29, 1.82) is 0 Å². The normalized spacial score (nSPS) is 12.3. The molecule has 2 aromatic rings. The minimum Gasteiger partial charge on any atom is -0.465 e. The van der Waals surface area contributed by atoms with Gasteiger partial charge in [0.05, 0.1) is 16.8 Å². The molecule has 1 unspecified atom stereocenters. The van der Waals surface area contributed by atoms with Crippen LogP contribution in [0.4, 0.5) is 0 Å². The van der Waals surface area contributed by atoms with Crippen molar-refractivity contribution in [3.63, 3.8) is 0 Å². The molecule has 2 rings (SSSR count). The Morgan fingerprint density at radius 3 is 2.78 bits per heavy atom. The Hall–Kier alpha value is -1.75. The first-order valence-corrected chi connectivity index (χ1v) is 6.51. The average molecular weight is 263 g/mol. The molecule has 0 N–H and O–H groups in total. The third-order valence-corrected chi connectivity index (χ3v) is 3.59. The van der Waals surface area contributed by atoms with Gasteiger partial charge in [-0.3, -0.25) is 9.59 Å². The molecule has 0 saturated carbocycles. The van der Waals surface area contributed by atoms with Crippen LogP contribution in [0, 0.1) is 5.92 Å². The van der Waals surface area contributed by atoms with E-state index in [9.17, 15) is 9.59 Å². The summed E-state index contributed by atoms with van der Waals surface area (Å²) in [5.41, 5.74) is 0.780. The summed E-state index contributed by atoms with van der Waals surface area (Å²) in [5, 5.41) is 0.358. The van der Waals surface area contributed by atoms with Gasteiger partial charge in [0.2, 0.25) is 5.78 Å². The topological polar surface area (TPSA) is 56.3 Å². The first-order valence-electron chi connectivity index (χ1n) is 5.70. The average Bonchev–Trinajstić information content (AvgIpc) is 2.81. The predicted molar refractivity (Wildman–Crippen MR) is 69.7 cm³/mol. The lowest BCUT2D eigenvalue weighted by molar-refractivity contribution is -0.145. The van der Waals surface area contributed by atoms with Crippen LogP contribution < -0.4 is 0 Å². The second kappa shape index (κ2) is 5.27. The number of ether oxygens (including phenoxy) is 1. The second-order valence-corrected chi connectivity index (χ2v) is 4.86. The van der Waals surface area contributed by atoms with Gasteiger partial charge in [0.15, 0.2) is 5.01 Å². The Morgan fingerprint density at radius 1 is 1.39 bits per heavy atom. The molecular formula is C13H13NO3S. The summed E-state index contributed by atoms with van der Waals surface area (Å²) in [6.07, 6.45) is 0. The zero-order valence-corrected chi connectivity index (χ0v) is 11.0. The Kier molecular flexibility index (Phi) is 3.72. The van der Waals surface area contributed by atoms with Crippen LogP contribution in [0.25, 0.3) is 10.2 Å². The van der Waals surface area contributed by atoms with E-state index in [1.165, 1.54) is 11.3 Å². The van der Waals surface area contributed by atoms with Crippen LogP contribution in [-0.4, -0.2) is 23.3 Å². The minimum absolute atomic E-state index is 0.274. The van der Waals surface area contributed by atoms with Gasteiger partial charge in [0, 0.05) is 0 Å². The third kappa shape index (κ3) is 2.41. The molecule has 0 saturated heterocycles. The molecule has 0 radical (unpaired) electrons. The van der Waals surface area contributed by atoms with Crippen LogP contribution in [0.3, 0.4) is 0 Å². The molecule has 0 aliphatic carbocycles. The van der Waals surface area contributed by atoms with E-state index in [0.717, 1.165) is 10.2 Å². The number of carbonyl (C=O) groups excluding carboxylic acids is 2. The molecule has 4 nitrogen and oxygen atoms in total. The van der Waals surface area contributed by atoms with Crippen LogP contribution in [0.1, 0.15) is 23.6 Å². The Bertz CT molecular complexity index is 558. The van der Waals surface area contributed by atoms with Crippen molar-refractivity contribution in [1.82, 2.24) is 4.98 Å². The smallest absolute Gasteiger partial charge is 0.316 e. The number of aromatic nitrogens is 1. The Balaban J connectivity index is 2.25. The fourth-order valence-electron chi connectivity index (χ4n) is 1.54. The first kappa shape index (κ1) is 12.7. The Morgan fingerprint density at radius 2 is 2.11 bits per heavy atom. The van der Waals surface area contributed by atoms with Gasteiger partial charge in [-0.1, -0.05) is 12.1 Å². The van der Waals surface area contributed by atoms with Gasteiger partial charge in [0.25, 0.3) is 0 Å². The standard InChI is InChI=1S/C13H13NO3S/c1-3-17-13(16)8(2)11(15)12-14-9-6-4-5-7-10(9)18-12/h4-8H,3H2,1-2H3. The van der Waals surface area contributed by atoms with Crippen LogP contribution in [-0.2, 0) is 9.53 Å². The lowest BCUT2D eigenvalue weighted by atomic mass is 10.1. The fraction of sp³-hybridized carbons (Fsp3) is 0.308. The molecule has 0 bridgehead atoms. The van der Waals surface area contributed by atoms with Crippen molar-refractivity contribution in [2.45, 2.75) is 13.8 Å². The number of carbonyl (C=O) groups is 2. The van der Waals surface area contributed by atoms with Crippen molar-refractivity contribution in [3.8, 4) is 0 Å². The van der Waals surface area contributed by atoms with E-state index in [-0.39, 0.29) is 12.4 Å². The highest BCUT2D eigenvalue weighted by atomic mass is 32.1. The highest BCUT2D eigenvalue weighted by Gasteiger charge is 2.26. The number of thiazole rings is 1. The van der Waals surface area contributed by atoms with Gasteiger partial charge >= 0.3 is 5.97 Å². The minimum atomic E-state index is -0.800. The van der Waals surface area contributed by atoms with Crippen molar-refractivity contribution < 1.29 is 14.3 Å². The summed E-state index contributed by atoms with van der Waals surface area (Å²) in [5.74, 6) is -1.58. The fourth-order valence-corrected chi connectivity index (χ4v) is 2.53. The van der Waals surface area contributed by atoms with E-state index in [0.29, 0.717) is 5.01 Å². The van der Waals surface area contributed by atoms with E-state index < -0.39 is 11.9 Å². The lowest BCUT2D eigenvalue weighted by Gasteiger charge is -2.06. The third-order valence-electron chi connectivity index (χ3n) is 2.54. The molecule has 18 heavy (non-hydrogen) atoms. The molecule has 5 heteroatoms. The quantitative estimate of drug-likeness (QED) is 0.483. The number of para-hydroxylation sites is 1. The number of nitrogens with zero attached hydrogens (tertiary/aromatic N) is 1. The van der Waals surface area contributed by atoms with E-state index in [1.54, 1.807) is 13.8 Å². The number of esters is 1. The Labute approximate surface area is 109 Å². The van der Waals surface area contributed by atoms with Crippen molar-refractivity contribution in [2.24, 2.45) is 5.92 Å². The van der Waals surface area contributed by atoms with E-state index >= 15 is 0 Å². The maximum absolute atomic E-state index is 12.1. The van der Waals surface area contributed by atoms with Crippen LogP contribution in [0.15, 0.2) is 24.3 Å². The monoisotopic (exact) mass is 263 g/mol. The van der Waals surface area contributed by atoms with Gasteiger partial charge in [-0.05, 0) is 26.0 Å². The summed E-state index contributed by atoms with van der Waals surface area (Å²) in [6, 6.07) is 7.51. The van der Waals surface area contributed by atoms with Crippen LogP contribution >= 0.6 is 11.3 Å². The van der Waals surface area contributed by atoms with Crippen molar-refractivity contribution >= 4 is 33.3 Å². The van der Waals surface area contributed by atoms with Gasteiger partial charge in [-0.2, -0.15) is 0 Å². The number of Topliss-reactive ketones (excluding diaryl/α,β-unsaturated/α-hetero) is 1. The first-order chi connectivity index (χ1) is 8.63. The number of rotatable bonds is 4. The maximum atomic E-state index is 12.1. The zero-order valence-electron chi connectivity index (χ0n) is 10.2. The highest BCUT2D eigenvalue weighted by Crippen LogP contribution is 2.23. The summed E-state index contributed by atoms with van der Waals surface area (Å²) in [7, 11) is 0.